The fourth-order valence-corrected chi connectivity index (χ4v) is 8.08. The van der Waals surface area contributed by atoms with Gasteiger partial charge in [0, 0.05) is 25.5 Å². The second-order valence-electron chi connectivity index (χ2n) is 10.8. The Labute approximate surface area is 194 Å². The van der Waals surface area contributed by atoms with Crippen molar-refractivity contribution in [3.63, 3.8) is 0 Å². The summed E-state index contributed by atoms with van der Waals surface area (Å²) in [4.78, 5) is 19.7. The topological polar surface area (TPSA) is 33.2 Å². The van der Waals surface area contributed by atoms with Gasteiger partial charge in [-0.1, -0.05) is 19.8 Å². The number of carbonyl (C=O) groups is 1. The molecule has 31 heavy (non-hydrogen) atoms. The van der Waals surface area contributed by atoms with Crippen molar-refractivity contribution in [1.82, 2.24) is 9.88 Å². The number of amides is 1. The van der Waals surface area contributed by atoms with Crippen molar-refractivity contribution in [1.29, 1.82) is 0 Å². The highest BCUT2D eigenvalue weighted by molar-refractivity contribution is 8.00. The van der Waals surface area contributed by atoms with Gasteiger partial charge in [0.1, 0.15) is 0 Å². The number of unbranched alkanes of at least 4 members (excludes halogenated alkanes) is 2. The number of hydrogen-bond acceptors (Lipinski definition) is 3. The molecule has 1 aromatic rings. The molecular formula is C27H42N2OS. The van der Waals surface area contributed by atoms with E-state index in [0.717, 1.165) is 49.4 Å². The van der Waals surface area contributed by atoms with Crippen molar-refractivity contribution in [3.8, 4) is 0 Å². The number of aryl methyl sites for hydroxylation is 1. The zero-order chi connectivity index (χ0) is 21.7. The Morgan fingerprint density at radius 2 is 1.74 bits per heavy atom. The Morgan fingerprint density at radius 1 is 1.10 bits per heavy atom. The third kappa shape index (κ3) is 6.06. The first kappa shape index (κ1) is 23.1. The molecule has 1 heterocycles. The molecule has 4 aliphatic carbocycles. The second-order valence-corrected chi connectivity index (χ2v) is 12.3. The first-order valence-electron chi connectivity index (χ1n) is 12.9. The lowest BCUT2D eigenvalue weighted by atomic mass is 9.49. The molecule has 4 bridgehead atoms. The average Bonchev–Trinajstić information content (AvgIpc) is 2.75. The predicted octanol–water partition coefficient (Wildman–Crippen LogP) is 6.37. The summed E-state index contributed by atoms with van der Waals surface area (Å²) < 4.78 is 0. The Balaban J connectivity index is 1.30. The van der Waals surface area contributed by atoms with Gasteiger partial charge in [-0.25, -0.2) is 0 Å². The Morgan fingerprint density at radius 3 is 2.35 bits per heavy atom. The maximum atomic E-state index is 13.4. The van der Waals surface area contributed by atoms with E-state index < -0.39 is 0 Å². The third-order valence-corrected chi connectivity index (χ3v) is 9.42. The fraction of sp³-hybridized carbons (Fsp3) is 0.778. The SMILES string of the molecule is CCCCCN(CCC12CC3CC(CC(C3)C1)C2)C(=O)C(C)SCCc1ccncc1. The van der Waals surface area contributed by atoms with Crippen LogP contribution in [-0.2, 0) is 11.2 Å². The lowest BCUT2D eigenvalue weighted by molar-refractivity contribution is -0.131. The molecular weight excluding hydrogens is 400 g/mol. The highest BCUT2D eigenvalue weighted by atomic mass is 32.2. The standard InChI is InChI=1S/C27H42N2OS/c1-3-4-5-12-29(26(30)21(2)31-14-8-22-6-10-28-11-7-22)13-9-27-18-23-15-24(19-27)17-25(16-23)20-27/h6-7,10-11,21,23-25H,3-5,8-9,12-20H2,1-2H3. The van der Waals surface area contributed by atoms with Crippen LogP contribution in [0.4, 0.5) is 0 Å². The summed E-state index contributed by atoms with van der Waals surface area (Å²) in [6.45, 7) is 6.31. The highest BCUT2D eigenvalue weighted by Gasteiger charge is 2.50. The quantitative estimate of drug-likeness (QED) is 0.353. The van der Waals surface area contributed by atoms with E-state index in [-0.39, 0.29) is 5.25 Å². The maximum Gasteiger partial charge on any atom is 0.235 e. The van der Waals surface area contributed by atoms with Gasteiger partial charge in [0.05, 0.1) is 5.25 Å². The van der Waals surface area contributed by atoms with E-state index in [9.17, 15) is 4.79 Å². The lowest BCUT2D eigenvalue weighted by Crippen LogP contribution is -2.48. The summed E-state index contributed by atoms with van der Waals surface area (Å²) >= 11 is 1.82. The minimum Gasteiger partial charge on any atom is -0.342 e. The summed E-state index contributed by atoms with van der Waals surface area (Å²) in [5.74, 6) is 4.37. The van der Waals surface area contributed by atoms with Crippen LogP contribution < -0.4 is 0 Å². The number of rotatable bonds is 12. The van der Waals surface area contributed by atoms with E-state index in [2.05, 4.69) is 35.9 Å². The third-order valence-electron chi connectivity index (χ3n) is 8.28. The van der Waals surface area contributed by atoms with Crippen LogP contribution in [0.25, 0.3) is 0 Å². The van der Waals surface area contributed by atoms with Gasteiger partial charge in [-0.15, -0.1) is 11.8 Å². The summed E-state index contributed by atoms with van der Waals surface area (Å²) in [7, 11) is 0. The van der Waals surface area contributed by atoms with Gasteiger partial charge >= 0.3 is 0 Å². The number of aromatic nitrogens is 1. The summed E-state index contributed by atoms with van der Waals surface area (Å²) in [6, 6.07) is 4.16. The zero-order valence-electron chi connectivity index (χ0n) is 19.7. The summed E-state index contributed by atoms with van der Waals surface area (Å²) in [6.07, 6.45) is 18.4. The van der Waals surface area contributed by atoms with Crippen molar-refractivity contribution in [2.75, 3.05) is 18.8 Å². The summed E-state index contributed by atoms with van der Waals surface area (Å²) in [5, 5.41) is 0.0554. The largest absolute Gasteiger partial charge is 0.342 e. The molecule has 0 aliphatic heterocycles. The number of pyridine rings is 1. The van der Waals surface area contributed by atoms with Gasteiger partial charge in [0.2, 0.25) is 5.91 Å². The first-order chi connectivity index (χ1) is 15.1. The van der Waals surface area contributed by atoms with E-state index in [1.165, 1.54) is 63.4 Å². The van der Waals surface area contributed by atoms with Crippen LogP contribution in [-0.4, -0.2) is 39.9 Å². The minimum atomic E-state index is 0.0554. The van der Waals surface area contributed by atoms with E-state index in [4.69, 9.17) is 0 Å². The zero-order valence-corrected chi connectivity index (χ0v) is 20.5. The molecule has 1 atom stereocenters. The Kier molecular flexibility index (Phi) is 8.01. The van der Waals surface area contributed by atoms with E-state index in [0.29, 0.717) is 11.3 Å². The predicted molar refractivity (Wildman–Crippen MR) is 131 cm³/mol. The highest BCUT2D eigenvalue weighted by Crippen LogP contribution is 2.61. The van der Waals surface area contributed by atoms with Gasteiger partial charge in [-0.3, -0.25) is 9.78 Å². The molecule has 4 aliphatic rings. The van der Waals surface area contributed by atoms with Crippen LogP contribution in [0.2, 0.25) is 0 Å². The van der Waals surface area contributed by atoms with Crippen molar-refractivity contribution >= 4 is 17.7 Å². The van der Waals surface area contributed by atoms with E-state index >= 15 is 0 Å². The second kappa shape index (κ2) is 10.7. The molecule has 1 unspecified atom stereocenters. The normalized spacial score (nSPS) is 29.8. The Hall–Kier alpha value is -1.03. The lowest BCUT2D eigenvalue weighted by Gasteiger charge is -2.57. The van der Waals surface area contributed by atoms with Crippen LogP contribution in [0.1, 0.15) is 83.6 Å². The van der Waals surface area contributed by atoms with Gasteiger partial charge in [0.15, 0.2) is 0 Å². The maximum absolute atomic E-state index is 13.4. The van der Waals surface area contributed by atoms with Crippen molar-refractivity contribution in [2.24, 2.45) is 23.2 Å². The van der Waals surface area contributed by atoms with Crippen LogP contribution in [0, 0.1) is 23.2 Å². The number of carbonyl (C=O) groups excluding carboxylic acids is 1. The molecule has 0 N–H and O–H groups in total. The van der Waals surface area contributed by atoms with Crippen LogP contribution in [0.3, 0.4) is 0 Å². The smallest absolute Gasteiger partial charge is 0.235 e. The van der Waals surface area contributed by atoms with Crippen LogP contribution in [0.15, 0.2) is 24.5 Å². The number of thioether (sulfide) groups is 1. The van der Waals surface area contributed by atoms with Gasteiger partial charge in [-0.2, -0.15) is 0 Å². The number of hydrogen-bond donors (Lipinski definition) is 0. The molecule has 3 nitrogen and oxygen atoms in total. The fourth-order valence-electron chi connectivity index (χ4n) is 7.08. The van der Waals surface area contributed by atoms with Crippen molar-refractivity contribution in [3.05, 3.63) is 30.1 Å². The van der Waals surface area contributed by atoms with Gasteiger partial charge in [0.25, 0.3) is 0 Å². The molecule has 0 radical (unpaired) electrons. The van der Waals surface area contributed by atoms with Crippen molar-refractivity contribution in [2.45, 2.75) is 89.7 Å². The molecule has 4 heteroatoms. The summed E-state index contributed by atoms with van der Waals surface area (Å²) in [5.41, 5.74) is 1.87. The molecule has 4 fully saturated rings. The van der Waals surface area contributed by atoms with E-state index in [1.54, 1.807) is 0 Å². The first-order valence-corrected chi connectivity index (χ1v) is 13.9. The molecule has 0 saturated heterocycles. The van der Waals surface area contributed by atoms with Crippen LogP contribution in [0.5, 0.6) is 0 Å². The molecule has 172 valence electrons. The minimum absolute atomic E-state index is 0.0554. The molecule has 0 aromatic carbocycles. The van der Waals surface area contributed by atoms with E-state index in [1.807, 2.05) is 24.2 Å². The number of nitrogens with zero attached hydrogens (tertiary/aromatic N) is 2. The monoisotopic (exact) mass is 442 g/mol. The molecule has 0 spiro atoms. The molecule has 5 rings (SSSR count). The average molecular weight is 443 g/mol. The molecule has 1 amide bonds. The van der Waals surface area contributed by atoms with Crippen molar-refractivity contribution < 1.29 is 4.79 Å². The van der Waals surface area contributed by atoms with Crippen LogP contribution >= 0.6 is 11.8 Å². The molecule has 4 saturated carbocycles. The van der Waals surface area contributed by atoms with Gasteiger partial charge < -0.3 is 4.90 Å². The van der Waals surface area contributed by atoms with Gasteiger partial charge in [-0.05, 0) is 111 Å². The Bertz CT molecular complexity index is 671. The molecule has 1 aromatic heterocycles.